The van der Waals surface area contributed by atoms with E-state index in [-0.39, 0.29) is 5.41 Å². The van der Waals surface area contributed by atoms with Gasteiger partial charge in [-0.2, -0.15) is 0 Å². The summed E-state index contributed by atoms with van der Waals surface area (Å²) in [6.45, 7) is 3.59. The number of benzene rings is 1. The van der Waals surface area contributed by atoms with Crippen LogP contribution in [0.15, 0.2) is 35.5 Å². The number of halogens is 1. The number of nitrogens with one attached hydrogen (secondary N) is 1. The molecule has 0 radical (unpaired) electrons. The van der Waals surface area contributed by atoms with Gasteiger partial charge in [0, 0.05) is 35.0 Å². The summed E-state index contributed by atoms with van der Waals surface area (Å²) in [6.07, 6.45) is 6.39. The standard InChI is InChI=1S/C19H21ClN4O/c20-15-3-1-2-13-10-21-16(8-14(13)15)22-17(23-25)9-19-11-18(19)4-6-24(12-19)7-5-18/h1-3,8,10,25H,4-7,9,11-12H2,(H,21,22,23)/t19-/m0/s1. The van der Waals surface area contributed by atoms with Crippen molar-refractivity contribution in [1.29, 1.82) is 0 Å². The van der Waals surface area contributed by atoms with Gasteiger partial charge in [0.25, 0.3) is 0 Å². The topological polar surface area (TPSA) is 60.8 Å². The van der Waals surface area contributed by atoms with Gasteiger partial charge >= 0.3 is 0 Å². The highest BCUT2D eigenvalue weighted by atomic mass is 35.5. The molecule has 0 unspecified atom stereocenters. The molecule has 5 nitrogen and oxygen atoms in total. The predicted molar refractivity (Wildman–Crippen MR) is 98.5 cm³/mol. The number of piperidine rings is 3. The van der Waals surface area contributed by atoms with Crippen molar-refractivity contribution in [3.05, 3.63) is 35.5 Å². The molecule has 3 saturated heterocycles. The molecule has 3 aliphatic heterocycles. The third-order valence-electron chi connectivity index (χ3n) is 6.60. The van der Waals surface area contributed by atoms with Crippen LogP contribution in [0.25, 0.3) is 10.8 Å². The molecule has 4 fully saturated rings. The van der Waals surface area contributed by atoms with Crippen molar-refractivity contribution in [1.82, 2.24) is 15.4 Å². The van der Waals surface area contributed by atoms with E-state index in [0.29, 0.717) is 22.1 Å². The number of aromatic nitrogens is 1. The van der Waals surface area contributed by atoms with Crippen molar-refractivity contribution in [2.45, 2.75) is 25.7 Å². The van der Waals surface area contributed by atoms with E-state index in [9.17, 15) is 5.21 Å². The van der Waals surface area contributed by atoms with Crippen LogP contribution >= 0.6 is 11.6 Å². The zero-order valence-corrected chi connectivity index (χ0v) is 14.8. The van der Waals surface area contributed by atoms with Crippen LogP contribution in [0, 0.1) is 10.8 Å². The second kappa shape index (κ2) is 5.40. The van der Waals surface area contributed by atoms with Gasteiger partial charge < -0.3 is 4.90 Å². The van der Waals surface area contributed by atoms with Gasteiger partial charge in [-0.25, -0.2) is 9.98 Å². The lowest BCUT2D eigenvalue weighted by atomic mass is 9.77. The summed E-state index contributed by atoms with van der Waals surface area (Å²) in [4.78, 5) is 11.5. The lowest BCUT2D eigenvalue weighted by molar-refractivity contribution is 0.0529. The largest absolute Gasteiger partial charge is 0.303 e. The van der Waals surface area contributed by atoms with Gasteiger partial charge in [0.05, 0.1) is 0 Å². The molecule has 25 heavy (non-hydrogen) atoms. The zero-order valence-electron chi connectivity index (χ0n) is 14.0. The molecule has 6 heteroatoms. The first-order chi connectivity index (χ1) is 12.1. The van der Waals surface area contributed by atoms with E-state index in [1.165, 1.54) is 32.4 Å². The van der Waals surface area contributed by atoms with Gasteiger partial charge in [0.2, 0.25) is 0 Å². The van der Waals surface area contributed by atoms with Crippen LogP contribution in [-0.2, 0) is 0 Å². The van der Waals surface area contributed by atoms with Crippen LogP contribution in [0.2, 0.25) is 5.02 Å². The highest BCUT2D eigenvalue weighted by molar-refractivity contribution is 6.35. The number of nitrogens with zero attached hydrogens (tertiary/aromatic N) is 3. The minimum absolute atomic E-state index is 0.284. The fourth-order valence-corrected chi connectivity index (χ4v) is 5.39. The molecule has 0 amide bonds. The van der Waals surface area contributed by atoms with Gasteiger partial charge in [0.15, 0.2) is 5.82 Å². The number of hydrogen-bond acceptors (Lipinski definition) is 4. The lowest BCUT2D eigenvalue weighted by Crippen LogP contribution is -2.48. The Bertz CT molecular complexity index is 875. The van der Waals surface area contributed by atoms with Gasteiger partial charge in [-0.1, -0.05) is 23.7 Å². The maximum absolute atomic E-state index is 9.64. The summed E-state index contributed by atoms with van der Waals surface area (Å²) < 4.78 is 0. The molecule has 130 valence electrons. The molecule has 1 aromatic heterocycles. The second-order valence-electron chi connectivity index (χ2n) is 7.86. The Morgan fingerprint density at radius 2 is 2.20 bits per heavy atom. The molecule has 4 aliphatic rings. The Balaban J connectivity index is 1.44. The monoisotopic (exact) mass is 356 g/mol. The van der Waals surface area contributed by atoms with Crippen molar-refractivity contribution in [3.63, 3.8) is 0 Å². The first kappa shape index (κ1) is 15.6. The summed E-state index contributed by atoms with van der Waals surface area (Å²) in [5.74, 6) is 1.18. The average Bonchev–Trinajstić information content (AvgIpc) is 3.30. The fourth-order valence-electron chi connectivity index (χ4n) is 5.15. The van der Waals surface area contributed by atoms with E-state index >= 15 is 0 Å². The first-order valence-corrected chi connectivity index (χ1v) is 9.25. The van der Waals surface area contributed by atoms with Crippen LogP contribution in [0.3, 0.4) is 0 Å². The van der Waals surface area contributed by atoms with Crippen molar-refractivity contribution >= 4 is 34.0 Å². The van der Waals surface area contributed by atoms with Gasteiger partial charge in [-0.3, -0.25) is 10.7 Å². The Kier molecular flexibility index (Phi) is 3.36. The molecular weight excluding hydrogens is 336 g/mol. The van der Waals surface area contributed by atoms with Gasteiger partial charge in [-0.05, 0) is 55.3 Å². The van der Waals surface area contributed by atoms with E-state index < -0.39 is 0 Å². The summed E-state index contributed by atoms with van der Waals surface area (Å²) >= 11 is 6.28. The van der Waals surface area contributed by atoms with Crippen LogP contribution < -0.4 is 5.48 Å². The quantitative estimate of drug-likeness (QED) is 0.499. The average molecular weight is 357 g/mol. The summed E-state index contributed by atoms with van der Waals surface area (Å²) in [5, 5.41) is 12.2. The van der Waals surface area contributed by atoms with Gasteiger partial charge in [-0.15, -0.1) is 0 Å². The Morgan fingerprint density at radius 1 is 1.36 bits per heavy atom. The summed E-state index contributed by atoms with van der Waals surface area (Å²) in [7, 11) is 0. The minimum Gasteiger partial charge on any atom is -0.303 e. The third kappa shape index (κ3) is 2.37. The molecule has 2 bridgehead atoms. The molecular formula is C19H21ClN4O. The maximum atomic E-state index is 9.64. The molecule has 1 spiro atoms. The maximum Gasteiger partial charge on any atom is 0.154 e. The number of aliphatic imine (C=N–C) groups is 1. The molecule has 4 heterocycles. The van der Waals surface area contributed by atoms with Crippen molar-refractivity contribution < 1.29 is 5.21 Å². The van der Waals surface area contributed by atoms with Crippen molar-refractivity contribution in [2.75, 3.05) is 19.6 Å². The fraction of sp³-hybridized carbons (Fsp3) is 0.474. The number of amidine groups is 1. The zero-order chi connectivity index (χ0) is 17.1. The first-order valence-electron chi connectivity index (χ1n) is 8.88. The molecule has 1 atom stereocenters. The van der Waals surface area contributed by atoms with Crippen LogP contribution in [0.1, 0.15) is 25.7 Å². The smallest absolute Gasteiger partial charge is 0.154 e. The number of fused-ring (bicyclic) bond motifs is 3. The summed E-state index contributed by atoms with van der Waals surface area (Å²) in [6, 6.07) is 7.64. The predicted octanol–water partition coefficient (Wildman–Crippen LogP) is 3.77. The van der Waals surface area contributed by atoms with E-state index in [2.05, 4.69) is 20.4 Å². The number of pyridine rings is 1. The minimum atomic E-state index is 0.284. The highest BCUT2D eigenvalue weighted by Gasteiger charge is 2.70. The molecule has 1 saturated carbocycles. The molecule has 2 N–H and O–H groups in total. The van der Waals surface area contributed by atoms with E-state index in [1.54, 1.807) is 6.20 Å². The van der Waals surface area contributed by atoms with Crippen molar-refractivity contribution in [3.8, 4) is 0 Å². The van der Waals surface area contributed by atoms with Crippen LogP contribution in [-0.4, -0.2) is 40.6 Å². The lowest BCUT2D eigenvalue weighted by Gasteiger charge is -2.44. The second-order valence-corrected chi connectivity index (χ2v) is 8.27. The van der Waals surface area contributed by atoms with E-state index in [0.717, 1.165) is 23.7 Å². The number of rotatable bonds is 3. The molecule has 2 aromatic rings. The highest BCUT2D eigenvalue weighted by Crippen LogP contribution is 2.73. The number of hydroxylamine groups is 1. The van der Waals surface area contributed by atoms with Crippen LogP contribution in [0.5, 0.6) is 0 Å². The molecule has 1 aliphatic carbocycles. The third-order valence-corrected chi connectivity index (χ3v) is 6.93. The summed E-state index contributed by atoms with van der Waals surface area (Å²) in [5.41, 5.74) is 3.10. The van der Waals surface area contributed by atoms with Crippen LogP contribution in [0.4, 0.5) is 5.82 Å². The van der Waals surface area contributed by atoms with Gasteiger partial charge in [0.1, 0.15) is 5.84 Å². The molecule has 6 rings (SSSR count). The Hall–Kier alpha value is -1.69. The molecule has 1 aromatic carbocycles. The Labute approximate surface area is 151 Å². The van der Waals surface area contributed by atoms with Crippen molar-refractivity contribution in [2.24, 2.45) is 15.8 Å². The number of hydrogen-bond donors (Lipinski definition) is 2. The SMILES string of the molecule is ONC(C[C@]12CN3CCC1(CC3)C2)=Nc1cc2c(Cl)cccc2cn1. The van der Waals surface area contributed by atoms with E-state index in [4.69, 9.17) is 11.6 Å². The Morgan fingerprint density at radius 3 is 2.96 bits per heavy atom. The van der Waals surface area contributed by atoms with E-state index in [1.807, 2.05) is 24.3 Å². The normalized spacial score (nSPS) is 33.4.